The molecule has 10 heteroatoms. The largest absolute Gasteiger partial charge is 0.481 e. The van der Waals surface area contributed by atoms with Gasteiger partial charge in [-0.3, -0.25) is 9.59 Å². The maximum atomic E-state index is 12.4. The lowest BCUT2D eigenvalue weighted by atomic mass is 10.1. The zero-order valence-electron chi connectivity index (χ0n) is 13.6. The maximum Gasteiger partial charge on any atom is 0.271 e. The van der Waals surface area contributed by atoms with Crippen molar-refractivity contribution >= 4 is 33.1 Å². The molecular formula is C15H18N4O5S. The van der Waals surface area contributed by atoms with E-state index in [0.29, 0.717) is 18.0 Å². The van der Waals surface area contributed by atoms with Gasteiger partial charge in [0.1, 0.15) is 5.71 Å². The van der Waals surface area contributed by atoms with Gasteiger partial charge in [0.05, 0.1) is 36.5 Å². The van der Waals surface area contributed by atoms with Crippen molar-refractivity contribution in [1.29, 1.82) is 0 Å². The first-order valence-corrected chi connectivity index (χ1v) is 9.61. The van der Waals surface area contributed by atoms with Crippen LogP contribution < -0.4 is 10.1 Å². The molecular weight excluding hydrogens is 348 g/mol. The average molecular weight is 366 g/mol. The van der Waals surface area contributed by atoms with Crippen molar-refractivity contribution in [3.8, 4) is 5.88 Å². The zero-order valence-corrected chi connectivity index (χ0v) is 14.5. The standard InChI is InChI=1S/C15H18N4O5S/c1-24-13-4-2-10(8-16-13)17-15(21)12-3-5-14(20)19(18-12)11-6-7-25(22,23)9-11/h2,4,8,11H,3,5-7,9H2,1H3,(H,17,21)/t11-/m0/s1. The normalized spacial score (nSPS) is 22.4. The van der Waals surface area contributed by atoms with Crippen molar-refractivity contribution in [2.45, 2.75) is 25.3 Å². The molecule has 2 aliphatic heterocycles. The van der Waals surface area contributed by atoms with Crippen LogP contribution in [0.25, 0.3) is 0 Å². The van der Waals surface area contributed by atoms with Gasteiger partial charge in [-0.15, -0.1) is 0 Å². The summed E-state index contributed by atoms with van der Waals surface area (Å²) in [6.07, 6.45) is 2.13. The molecule has 9 nitrogen and oxygen atoms in total. The summed E-state index contributed by atoms with van der Waals surface area (Å²) in [5.74, 6) is -0.349. The number of ether oxygens (including phenoxy) is 1. The molecule has 3 heterocycles. The van der Waals surface area contributed by atoms with Crippen LogP contribution in [0.5, 0.6) is 5.88 Å². The molecule has 1 atom stereocenters. The number of nitrogens with zero attached hydrogens (tertiary/aromatic N) is 3. The van der Waals surface area contributed by atoms with E-state index in [0.717, 1.165) is 5.01 Å². The average Bonchev–Trinajstić information content (AvgIpc) is 2.95. The SMILES string of the molecule is COc1ccc(NC(=O)C2=NN([C@H]3CCS(=O)(=O)C3)C(=O)CC2)cn1. The van der Waals surface area contributed by atoms with Gasteiger partial charge < -0.3 is 10.1 Å². The molecule has 1 aromatic heterocycles. The molecule has 2 amide bonds. The van der Waals surface area contributed by atoms with Crippen molar-refractivity contribution in [3.63, 3.8) is 0 Å². The lowest BCUT2D eigenvalue weighted by molar-refractivity contribution is -0.133. The lowest BCUT2D eigenvalue weighted by Gasteiger charge is -2.27. The number of carbonyl (C=O) groups excluding carboxylic acids is 2. The van der Waals surface area contributed by atoms with E-state index >= 15 is 0 Å². The summed E-state index contributed by atoms with van der Waals surface area (Å²) >= 11 is 0. The summed E-state index contributed by atoms with van der Waals surface area (Å²) in [4.78, 5) is 28.4. The van der Waals surface area contributed by atoms with E-state index in [4.69, 9.17) is 4.74 Å². The van der Waals surface area contributed by atoms with Crippen LogP contribution in [0.4, 0.5) is 5.69 Å². The Balaban J connectivity index is 1.72. The predicted molar refractivity (Wildman–Crippen MR) is 90.0 cm³/mol. The number of sulfone groups is 1. The highest BCUT2D eigenvalue weighted by Gasteiger charge is 2.37. The molecule has 134 valence electrons. The first-order valence-electron chi connectivity index (χ1n) is 7.79. The van der Waals surface area contributed by atoms with Crippen LogP contribution in [0.1, 0.15) is 19.3 Å². The Morgan fingerprint density at radius 1 is 1.36 bits per heavy atom. The van der Waals surface area contributed by atoms with E-state index < -0.39 is 21.8 Å². The summed E-state index contributed by atoms with van der Waals surface area (Å²) in [7, 11) is -1.65. The quantitative estimate of drug-likeness (QED) is 0.813. The van der Waals surface area contributed by atoms with Crippen molar-refractivity contribution < 1.29 is 22.7 Å². The van der Waals surface area contributed by atoms with Gasteiger partial charge in [-0.2, -0.15) is 5.10 Å². The molecule has 1 saturated heterocycles. The fourth-order valence-corrected chi connectivity index (χ4v) is 4.46. The Kier molecular flexibility index (Phi) is 4.71. The van der Waals surface area contributed by atoms with Gasteiger partial charge in [-0.05, 0) is 12.5 Å². The van der Waals surface area contributed by atoms with E-state index in [2.05, 4.69) is 15.4 Å². The smallest absolute Gasteiger partial charge is 0.271 e. The third-order valence-electron chi connectivity index (χ3n) is 4.08. The molecule has 0 radical (unpaired) electrons. The highest BCUT2D eigenvalue weighted by Crippen LogP contribution is 2.22. The number of aromatic nitrogens is 1. The Bertz CT molecular complexity index is 819. The van der Waals surface area contributed by atoms with Crippen molar-refractivity contribution in [3.05, 3.63) is 18.3 Å². The third-order valence-corrected chi connectivity index (χ3v) is 5.83. The number of nitrogens with one attached hydrogen (secondary N) is 1. The Morgan fingerprint density at radius 3 is 2.76 bits per heavy atom. The molecule has 0 saturated carbocycles. The van der Waals surface area contributed by atoms with Gasteiger partial charge in [-0.25, -0.2) is 18.4 Å². The van der Waals surface area contributed by atoms with Crippen LogP contribution in [0, 0.1) is 0 Å². The van der Waals surface area contributed by atoms with E-state index in [-0.39, 0.29) is 36.0 Å². The molecule has 25 heavy (non-hydrogen) atoms. The summed E-state index contributed by atoms with van der Waals surface area (Å²) < 4.78 is 28.2. The van der Waals surface area contributed by atoms with Crippen molar-refractivity contribution in [2.24, 2.45) is 5.10 Å². The first-order chi connectivity index (χ1) is 11.9. The fourth-order valence-electron chi connectivity index (χ4n) is 2.77. The van der Waals surface area contributed by atoms with Crippen LogP contribution in [0.3, 0.4) is 0 Å². The number of hydrazone groups is 1. The summed E-state index contributed by atoms with van der Waals surface area (Å²) in [5.41, 5.74) is 0.667. The molecule has 0 unspecified atom stereocenters. The van der Waals surface area contributed by atoms with E-state index in [1.165, 1.54) is 13.3 Å². The van der Waals surface area contributed by atoms with Crippen molar-refractivity contribution in [1.82, 2.24) is 9.99 Å². The first kappa shape index (κ1) is 17.3. The maximum absolute atomic E-state index is 12.4. The highest BCUT2D eigenvalue weighted by molar-refractivity contribution is 7.91. The lowest BCUT2D eigenvalue weighted by Crippen LogP contribution is -2.42. The van der Waals surface area contributed by atoms with Crippen LogP contribution in [-0.2, 0) is 19.4 Å². The number of amides is 2. The number of rotatable bonds is 4. The molecule has 0 aliphatic carbocycles. The number of pyridine rings is 1. The monoisotopic (exact) mass is 366 g/mol. The molecule has 1 fully saturated rings. The highest BCUT2D eigenvalue weighted by atomic mass is 32.2. The number of hydrogen-bond acceptors (Lipinski definition) is 7. The van der Waals surface area contributed by atoms with Gasteiger partial charge in [0.25, 0.3) is 5.91 Å². The van der Waals surface area contributed by atoms with Crippen molar-refractivity contribution in [2.75, 3.05) is 23.9 Å². The number of anilines is 1. The molecule has 3 rings (SSSR count). The third kappa shape index (κ3) is 3.95. The minimum absolute atomic E-state index is 0.0377. The predicted octanol–water partition coefficient (Wildman–Crippen LogP) is 0.194. The Hall–Kier alpha value is -2.49. The molecule has 0 spiro atoms. The number of hydrogen-bond donors (Lipinski definition) is 1. The van der Waals surface area contributed by atoms with Gasteiger partial charge in [-0.1, -0.05) is 0 Å². The van der Waals surface area contributed by atoms with Gasteiger partial charge >= 0.3 is 0 Å². The van der Waals surface area contributed by atoms with Gasteiger partial charge in [0.15, 0.2) is 9.84 Å². The van der Waals surface area contributed by atoms with Crippen LogP contribution >= 0.6 is 0 Å². The van der Waals surface area contributed by atoms with Crippen LogP contribution in [0.2, 0.25) is 0 Å². The number of methoxy groups -OCH3 is 1. The summed E-state index contributed by atoms with van der Waals surface area (Å²) in [5, 5.41) is 7.94. The van der Waals surface area contributed by atoms with Crippen LogP contribution in [-0.4, -0.2) is 60.6 Å². The fraction of sp³-hybridized carbons (Fsp3) is 0.467. The Labute approximate surface area is 145 Å². The minimum atomic E-state index is -3.14. The van der Waals surface area contributed by atoms with Gasteiger partial charge in [0, 0.05) is 18.9 Å². The molecule has 1 aromatic rings. The number of carbonyl (C=O) groups is 2. The zero-order chi connectivity index (χ0) is 18.0. The Morgan fingerprint density at radius 2 is 2.16 bits per heavy atom. The second-order valence-electron chi connectivity index (χ2n) is 5.89. The second kappa shape index (κ2) is 6.79. The van der Waals surface area contributed by atoms with Gasteiger partial charge in [0.2, 0.25) is 11.8 Å². The molecule has 2 aliphatic rings. The molecule has 1 N–H and O–H groups in total. The van der Waals surface area contributed by atoms with E-state index in [1.807, 2.05) is 0 Å². The second-order valence-corrected chi connectivity index (χ2v) is 8.11. The topological polar surface area (TPSA) is 118 Å². The molecule has 0 aromatic carbocycles. The van der Waals surface area contributed by atoms with E-state index in [1.54, 1.807) is 12.1 Å². The van der Waals surface area contributed by atoms with E-state index in [9.17, 15) is 18.0 Å². The summed E-state index contributed by atoms with van der Waals surface area (Å²) in [6.45, 7) is 0. The molecule has 0 bridgehead atoms. The summed E-state index contributed by atoms with van der Waals surface area (Å²) in [6, 6.07) is 2.75. The minimum Gasteiger partial charge on any atom is -0.481 e. The van der Waals surface area contributed by atoms with Crippen LogP contribution in [0.15, 0.2) is 23.4 Å².